The maximum atomic E-state index is 12.0. The van der Waals surface area contributed by atoms with E-state index >= 15 is 0 Å². The van der Waals surface area contributed by atoms with E-state index in [0.29, 0.717) is 11.4 Å². The predicted molar refractivity (Wildman–Crippen MR) is 69.1 cm³/mol. The summed E-state index contributed by atoms with van der Waals surface area (Å²) in [5.74, 6) is -0.0374. The van der Waals surface area contributed by atoms with Crippen molar-refractivity contribution >= 4 is 23.2 Å². The monoisotopic (exact) mass is 254 g/mol. The minimum Gasteiger partial charge on any atom is -0.351 e. The van der Waals surface area contributed by atoms with E-state index in [9.17, 15) is 9.59 Å². The third kappa shape index (κ3) is 3.85. The molecule has 4 nitrogen and oxygen atoms in total. The molecule has 1 N–H and O–H groups in total. The van der Waals surface area contributed by atoms with E-state index in [-0.39, 0.29) is 17.9 Å². The summed E-state index contributed by atoms with van der Waals surface area (Å²) in [6, 6.07) is 3.87. The molecule has 0 unspecified atom stereocenters. The molecule has 0 fully saturated rings. The zero-order valence-corrected chi connectivity index (χ0v) is 11.4. The van der Waals surface area contributed by atoms with Gasteiger partial charge >= 0.3 is 0 Å². The Bertz CT molecular complexity index is 412. The Morgan fingerprint density at radius 1 is 1.41 bits per heavy atom. The van der Waals surface area contributed by atoms with Gasteiger partial charge in [0.15, 0.2) is 0 Å². The molecule has 1 heterocycles. The number of nitrogens with zero attached hydrogens (tertiary/aromatic N) is 1. The van der Waals surface area contributed by atoms with E-state index in [2.05, 4.69) is 5.32 Å². The van der Waals surface area contributed by atoms with Crippen LogP contribution in [0.25, 0.3) is 0 Å². The van der Waals surface area contributed by atoms with Gasteiger partial charge in [0.1, 0.15) is 0 Å². The van der Waals surface area contributed by atoms with Gasteiger partial charge in [0.05, 0.1) is 11.4 Å². The zero-order chi connectivity index (χ0) is 13.0. The van der Waals surface area contributed by atoms with E-state index in [0.717, 1.165) is 4.88 Å². The van der Waals surface area contributed by atoms with Crippen molar-refractivity contribution in [2.45, 2.75) is 33.4 Å². The van der Waals surface area contributed by atoms with Gasteiger partial charge in [-0.05, 0) is 26.0 Å². The second-order valence-electron chi connectivity index (χ2n) is 4.19. The normalized spacial score (nSPS) is 10.4. The fraction of sp³-hybridized carbons (Fsp3) is 0.500. The smallest absolute Gasteiger partial charge is 0.263 e. The maximum absolute atomic E-state index is 12.0. The van der Waals surface area contributed by atoms with Crippen LogP contribution in [0, 0.1) is 0 Å². The molecular weight excluding hydrogens is 236 g/mol. The molecule has 1 rings (SSSR count). The van der Waals surface area contributed by atoms with Gasteiger partial charge in [-0.2, -0.15) is 0 Å². The largest absolute Gasteiger partial charge is 0.351 e. The van der Waals surface area contributed by atoms with Crippen LogP contribution in [0.3, 0.4) is 0 Å². The second-order valence-corrected chi connectivity index (χ2v) is 5.35. The minimum atomic E-state index is -0.0643. The van der Waals surface area contributed by atoms with Gasteiger partial charge in [-0.15, -0.1) is 11.3 Å². The van der Waals surface area contributed by atoms with Crippen molar-refractivity contribution in [3.05, 3.63) is 21.9 Å². The first-order valence-electron chi connectivity index (χ1n) is 5.52. The van der Waals surface area contributed by atoms with Crippen LogP contribution in [0.15, 0.2) is 12.1 Å². The minimum absolute atomic E-state index is 0.0269. The summed E-state index contributed by atoms with van der Waals surface area (Å²) in [7, 11) is 1.79. The van der Waals surface area contributed by atoms with Gasteiger partial charge in [-0.25, -0.2) is 0 Å². The summed E-state index contributed by atoms with van der Waals surface area (Å²) in [6.45, 7) is 5.92. The first-order chi connectivity index (χ1) is 7.91. The summed E-state index contributed by atoms with van der Waals surface area (Å²) in [5, 5.41) is 2.71. The van der Waals surface area contributed by atoms with Crippen LogP contribution < -0.4 is 5.32 Å². The van der Waals surface area contributed by atoms with Crippen molar-refractivity contribution in [2.75, 3.05) is 7.05 Å². The quantitative estimate of drug-likeness (QED) is 0.891. The highest BCUT2D eigenvalue weighted by Gasteiger charge is 2.16. The Morgan fingerprint density at radius 2 is 2.06 bits per heavy atom. The molecule has 1 aromatic rings. The molecule has 0 aliphatic heterocycles. The molecule has 5 heteroatoms. The maximum Gasteiger partial charge on any atom is 0.263 e. The summed E-state index contributed by atoms with van der Waals surface area (Å²) in [6.07, 6.45) is 0. The number of rotatable bonds is 4. The lowest BCUT2D eigenvalue weighted by molar-refractivity contribution is -0.119. The molecule has 1 aromatic heterocycles. The lowest BCUT2D eigenvalue weighted by atomic mass is 10.3. The highest BCUT2D eigenvalue weighted by molar-refractivity contribution is 7.14. The Morgan fingerprint density at radius 3 is 2.59 bits per heavy atom. The molecule has 0 saturated heterocycles. The van der Waals surface area contributed by atoms with E-state index in [4.69, 9.17) is 0 Å². The van der Waals surface area contributed by atoms with E-state index in [1.165, 1.54) is 18.3 Å². The van der Waals surface area contributed by atoms with Crippen molar-refractivity contribution in [3.8, 4) is 0 Å². The van der Waals surface area contributed by atoms with Crippen LogP contribution in [0.2, 0.25) is 0 Å². The summed E-state index contributed by atoms with van der Waals surface area (Å²) in [4.78, 5) is 26.2. The molecule has 0 spiro atoms. The standard InChI is InChI=1S/C12H18N2O2S/c1-8(2)14(4)12(16)11-6-5-10(17-11)7-13-9(3)15/h5-6,8H,7H2,1-4H3,(H,13,15). The Balaban J connectivity index is 2.67. The van der Waals surface area contributed by atoms with Crippen LogP contribution in [0.5, 0.6) is 0 Å². The van der Waals surface area contributed by atoms with Gasteiger partial charge in [-0.3, -0.25) is 9.59 Å². The second kappa shape index (κ2) is 5.82. The predicted octanol–water partition coefficient (Wildman–Crippen LogP) is 1.86. The van der Waals surface area contributed by atoms with Crippen LogP contribution in [-0.2, 0) is 11.3 Å². The number of hydrogen-bond acceptors (Lipinski definition) is 3. The number of carbonyl (C=O) groups excluding carboxylic acids is 2. The third-order valence-corrected chi connectivity index (χ3v) is 3.55. The molecule has 0 bridgehead atoms. The van der Waals surface area contributed by atoms with Gasteiger partial charge in [0.2, 0.25) is 5.91 Å². The number of nitrogens with one attached hydrogen (secondary N) is 1. The summed E-state index contributed by atoms with van der Waals surface area (Å²) < 4.78 is 0. The number of carbonyl (C=O) groups is 2. The van der Waals surface area contributed by atoms with Crippen molar-refractivity contribution in [1.82, 2.24) is 10.2 Å². The molecule has 0 aliphatic carbocycles. The van der Waals surface area contributed by atoms with Gasteiger partial charge in [0.25, 0.3) is 5.91 Å². The fourth-order valence-electron chi connectivity index (χ4n) is 1.21. The van der Waals surface area contributed by atoms with Crippen LogP contribution in [0.4, 0.5) is 0 Å². The molecule has 94 valence electrons. The first-order valence-corrected chi connectivity index (χ1v) is 6.33. The van der Waals surface area contributed by atoms with E-state index < -0.39 is 0 Å². The Kier molecular flexibility index (Phi) is 4.69. The Labute approximate surface area is 106 Å². The van der Waals surface area contributed by atoms with Crippen LogP contribution >= 0.6 is 11.3 Å². The lowest BCUT2D eigenvalue weighted by Gasteiger charge is -2.20. The number of amides is 2. The molecule has 0 aliphatic rings. The average molecular weight is 254 g/mol. The summed E-state index contributed by atoms with van der Waals surface area (Å²) in [5.41, 5.74) is 0. The lowest BCUT2D eigenvalue weighted by Crippen LogP contribution is -2.32. The first kappa shape index (κ1) is 13.7. The number of hydrogen-bond donors (Lipinski definition) is 1. The highest BCUT2D eigenvalue weighted by Crippen LogP contribution is 2.18. The van der Waals surface area contributed by atoms with Crippen molar-refractivity contribution in [3.63, 3.8) is 0 Å². The molecule has 0 radical (unpaired) electrons. The molecular formula is C12H18N2O2S. The van der Waals surface area contributed by atoms with Crippen molar-refractivity contribution in [1.29, 1.82) is 0 Å². The molecule has 0 aromatic carbocycles. The zero-order valence-electron chi connectivity index (χ0n) is 10.6. The van der Waals surface area contributed by atoms with Gasteiger partial charge < -0.3 is 10.2 Å². The molecule has 2 amide bonds. The third-order valence-electron chi connectivity index (χ3n) is 2.48. The van der Waals surface area contributed by atoms with Crippen molar-refractivity contribution < 1.29 is 9.59 Å². The van der Waals surface area contributed by atoms with Crippen molar-refractivity contribution in [2.24, 2.45) is 0 Å². The van der Waals surface area contributed by atoms with Crippen LogP contribution in [-0.4, -0.2) is 29.8 Å². The van der Waals surface area contributed by atoms with E-state index in [1.54, 1.807) is 11.9 Å². The molecule has 0 atom stereocenters. The fourth-order valence-corrected chi connectivity index (χ4v) is 2.14. The molecule has 17 heavy (non-hydrogen) atoms. The average Bonchev–Trinajstić information content (AvgIpc) is 2.72. The van der Waals surface area contributed by atoms with E-state index in [1.807, 2.05) is 26.0 Å². The van der Waals surface area contributed by atoms with Crippen LogP contribution in [0.1, 0.15) is 35.3 Å². The Hall–Kier alpha value is -1.36. The summed E-state index contributed by atoms with van der Waals surface area (Å²) >= 11 is 1.42. The topological polar surface area (TPSA) is 49.4 Å². The van der Waals surface area contributed by atoms with Gasteiger partial charge in [-0.1, -0.05) is 0 Å². The van der Waals surface area contributed by atoms with Gasteiger partial charge in [0, 0.05) is 24.9 Å². The number of thiophene rings is 1. The SMILES string of the molecule is CC(=O)NCc1ccc(C(=O)N(C)C(C)C)s1. The highest BCUT2D eigenvalue weighted by atomic mass is 32.1. The molecule has 0 saturated carbocycles.